The van der Waals surface area contributed by atoms with Gasteiger partial charge in [0.15, 0.2) is 0 Å². The van der Waals surface area contributed by atoms with Crippen molar-refractivity contribution in [2.24, 2.45) is 0 Å². The van der Waals surface area contributed by atoms with Gasteiger partial charge in [-0.2, -0.15) is 5.26 Å². The summed E-state index contributed by atoms with van der Waals surface area (Å²) >= 11 is 6.36. The quantitative estimate of drug-likeness (QED) is 0.677. The van der Waals surface area contributed by atoms with Gasteiger partial charge in [-0.25, -0.2) is 9.59 Å². The molecule has 2 heterocycles. The lowest BCUT2D eigenvalue weighted by atomic mass is 9.99. The second-order valence-corrected chi connectivity index (χ2v) is 7.97. The molecule has 4 rings (SSSR count). The van der Waals surface area contributed by atoms with Crippen LogP contribution in [-0.4, -0.2) is 41.6 Å². The fraction of sp³-hybridized carbons (Fsp3) is 0.348. The number of amides is 2. The maximum Gasteiger partial charge on any atom is 0.338 e. The molecule has 0 unspecified atom stereocenters. The number of rotatable bonds is 4. The van der Waals surface area contributed by atoms with Crippen LogP contribution in [0.5, 0.6) is 0 Å². The zero-order valence-corrected chi connectivity index (χ0v) is 17.6. The fourth-order valence-electron chi connectivity index (χ4n) is 4.53. The molecular formula is C23H22ClN3O3. The summed E-state index contributed by atoms with van der Waals surface area (Å²) in [4.78, 5) is 29.4. The van der Waals surface area contributed by atoms with Crippen molar-refractivity contribution in [3.63, 3.8) is 0 Å². The molecule has 154 valence electrons. The molecule has 2 fully saturated rings. The summed E-state index contributed by atoms with van der Waals surface area (Å²) in [7, 11) is 0. The second kappa shape index (κ2) is 8.00. The first-order valence-corrected chi connectivity index (χ1v) is 10.4. The zero-order valence-electron chi connectivity index (χ0n) is 16.8. The summed E-state index contributed by atoms with van der Waals surface area (Å²) in [6, 6.07) is 13.9. The topological polar surface area (TPSA) is 73.6 Å². The summed E-state index contributed by atoms with van der Waals surface area (Å²) in [5.41, 5.74) is 2.27. The number of ether oxygens (including phenoxy) is 1. The molecule has 6 nitrogen and oxygen atoms in total. The van der Waals surface area contributed by atoms with Crippen LogP contribution < -0.4 is 4.90 Å². The van der Waals surface area contributed by atoms with Crippen molar-refractivity contribution < 1.29 is 14.3 Å². The minimum absolute atomic E-state index is 0.117. The van der Waals surface area contributed by atoms with Crippen molar-refractivity contribution in [3.05, 3.63) is 64.2 Å². The Hall–Kier alpha value is -3.04. The normalized spacial score (nSPS) is 22.7. The van der Waals surface area contributed by atoms with E-state index in [2.05, 4.69) is 6.07 Å². The lowest BCUT2D eigenvalue weighted by molar-refractivity contribution is 0.0226. The Morgan fingerprint density at radius 1 is 1.27 bits per heavy atom. The van der Waals surface area contributed by atoms with E-state index in [-0.39, 0.29) is 30.2 Å². The van der Waals surface area contributed by atoms with Crippen LogP contribution in [0.25, 0.3) is 0 Å². The van der Waals surface area contributed by atoms with E-state index in [4.69, 9.17) is 16.3 Å². The third-order valence-electron chi connectivity index (χ3n) is 6.00. The highest BCUT2D eigenvalue weighted by molar-refractivity contribution is 6.33. The lowest BCUT2D eigenvalue weighted by Crippen LogP contribution is -2.42. The second-order valence-electron chi connectivity index (χ2n) is 7.59. The monoisotopic (exact) mass is 423 g/mol. The van der Waals surface area contributed by atoms with Crippen molar-refractivity contribution in [2.45, 2.75) is 44.9 Å². The summed E-state index contributed by atoms with van der Waals surface area (Å²) in [5, 5.41) is 9.58. The highest BCUT2D eigenvalue weighted by atomic mass is 35.5. The van der Waals surface area contributed by atoms with Gasteiger partial charge in [-0.1, -0.05) is 36.7 Å². The number of carbonyl (C=O) groups is 2. The van der Waals surface area contributed by atoms with Gasteiger partial charge >= 0.3 is 12.0 Å². The van der Waals surface area contributed by atoms with E-state index in [1.807, 2.05) is 19.9 Å². The van der Waals surface area contributed by atoms with E-state index in [9.17, 15) is 14.9 Å². The van der Waals surface area contributed by atoms with Crippen LogP contribution in [0.2, 0.25) is 5.02 Å². The Morgan fingerprint density at radius 3 is 2.67 bits per heavy atom. The van der Waals surface area contributed by atoms with Gasteiger partial charge in [0.1, 0.15) is 12.2 Å². The van der Waals surface area contributed by atoms with Crippen LogP contribution >= 0.6 is 11.6 Å². The van der Waals surface area contributed by atoms with Crippen LogP contribution in [0.1, 0.15) is 41.3 Å². The molecule has 30 heavy (non-hydrogen) atoms. The number of halogens is 1. The number of esters is 1. The first-order chi connectivity index (χ1) is 14.5. The molecule has 0 bridgehead atoms. The van der Waals surface area contributed by atoms with Gasteiger partial charge in [-0.3, -0.25) is 4.90 Å². The highest BCUT2D eigenvalue weighted by Gasteiger charge is 2.54. The molecule has 0 saturated carbocycles. The van der Waals surface area contributed by atoms with E-state index in [1.54, 1.807) is 46.2 Å². The molecule has 2 aliphatic rings. The van der Waals surface area contributed by atoms with Crippen molar-refractivity contribution in [1.82, 2.24) is 4.90 Å². The van der Waals surface area contributed by atoms with Gasteiger partial charge < -0.3 is 9.64 Å². The summed E-state index contributed by atoms with van der Waals surface area (Å²) < 4.78 is 5.84. The van der Waals surface area contributed by atoms with Crippen LogP contribution in [0.3, 0.4) is 0 Å². The molecule has 0 spiro atoms. The highest BCUT2D eigenvalue weighted by Crippen LogP contribution is 2.41. The number of hydrogen-bond donors (Lipinski definition) is 0. The predicted octanol–water partition coefficient (Wildman–Crippen LogP) is 4.54. The molecule has 3 atom stereocenters. The number of fused-ring (bicyclic) bond motifs is 1. The Bertz CT molecular complexity index is 1030. The Morgan fingerprint density at radius 2 is 2.00 bits per heavy atom. The minimum Gasteiger partial charge on any atom is -0.456 e. The third-order valence-corrected chi connectivity index (χ3v) is 6.48. The number of hydrogen-bond acceptors (Lipinski definition) is 4. The van der Waals surface area contributed by atoms with Crippen LogP contribution in [-0.2, 0) is 4.74 Å². The number of urea groups is 1. The number of anilines is 1. The Balaban J connectivity index is 1.63. The van der Waals surface area contributed by atoms with Crippen LogP contribution in [0.15, 0.2) is 42.5 Å². The molecular weight excluding hydrogens is 402 g/mol. The zero-order chi connectivity index (χ0) is 21.4. The maximum atomic E-state index is 13.3. The summed E-state index contributed by atoms with van der Waals surface area (Å²) in [5.74, 6) is -0.374. The van der Waals surface area contributed by atoms with Gasteiger partial charge in [0, 0.05) is 13.0 Å². The van der Waals surface area contributed by atoms with Gasteiger partial charge in [0.25, 0.3) is 0 Å². The van der Waals surface area contributed by atoms with E-state index in [0.29, 0.717) is 46.8 Å². The summed E-state index contributed by atoms with van der Waals surface area (Å²) in [6.45, 7) is 4.37. The molecule has 0 aliphatic carbocycles. The standard InChI is InChI=1S/C23H22ClN3O3/c1-3-17-21-19(30-22(28)15-7-5-4-6-8-15)11-12-26(21)23(29)27(17)18-10-9-16(13-25)20(24)14(18)2/h4-10,17,19,21H,3,11-12H2,1-2H3/t17-,19-,21-/m1/s1. The minimum atomic E-state index is -0.374. The molecule has 2 aliphatic heterocycles. The van der Waals surface area contributed by atoms with Crippen LogP contribution in [0.4, 0.5) is 10.5 Å². The SMILES string of the molecule is CC[C@@H]1[C@@H]2[C@H](OC(=O)c3ccccc3)CCN2C(=O)N1c1ccc(C#N)c(Cl)c1C. The van der Waals surface area contributed by atoms with Crippen molar-refractivity contribution in [1.29, 1.82) is 5.26 Å². The van der Waals surface area contributed by atoms with Gasteiger partial charge in [-0.05, 0) is 43.2 Å². The average molecular weight is 424 g/mol. The van der Waals surface area contributed by atoms with E-state index in [1.165, 1.54) is 0 Å². The molecule has 0 aromatic heterocycles. The molecule has 2 aromatic carbocycles. The first-order valence-electron chi connectivity index (χ1n) is 10.0. The maximum absolute atomic E-state index is 13.3. The van der Waals surface area contributed by atoms with E-state index >= 15 is 0 Å². The number of benzene rings is 2. The van der Waals surface area contributed by atoms with E-state index < -0.39 is 0 Å². The molecule has 2 aromatic rings. The molecule has 0 N–H and O–H groups in total. The van der Waals surface area contributed by atoms with E-state index in [0.717, 1.165) is 0 Å². The number of nitrogens with zero attached hydrogens (tertiary/aromatic N) is 3. The smallest absolute Gasteiger partial charge is 0.338 e. The number of carbonyl (C=O) groups excluding carboxylic acids is 2. The Kier molecular flexibility index (Phi) is 5.40. The number of nitriles is 1. The van der Waals surface area contributed by atoms with Gasteiger partial charge in [0.2, 0.25) is 0 Å². The van der Waals surface area contributed by atoms with Crippen molar-refractivity contribution in [3.8, 4) is 6.07 Å². The molecule has 7 heteroatoms. The van der Waals surface area contributed by atoms with Gasteiger partial charge in [0.05, 0.1) is 33.9 Å². The molecule has 2 saturated heterocycles. The predicted molar refractivity (Wildman–Crippen MR) is 114 cm³/mol. The largest absolute Gasteiger partial charge is 0.456 e. The summed E-state index contributed by atoms with van der Waals surface area (Å²) in [6.07, 6.45) is 0.946. The first kappa shape index (κ1) is 20.2. The van der Waals surface area contributed by atoms with Crippen LogP contribution in [0, 0.1) is 18.3 Å². The van der Waals surface area contributed by atoms with Crippen molar-refractivity contribution in [2.75, 3.05) is 11.4 Å². The average Bonchev–Trinajstić information content (AvgIpc) is 3.29. The molecule has 0 radical (unpaired) electrons. The fourth-order valence-corrected chi connectivity index (χ4v) is 4.74. The molecule has 2 amide bonds. The third kappa shape index (κ3) is 3.20. The van der Waals surface area contributed by atoms with Gasteiger partial charge in [-0.15, -0.1) is 0 Å². The Labute approximate surface area is 180 Å². The van der Waals surface area contributed by atoms with Crippen molar-refractivity contribution >= 4 is 29.3 Å². The lowest BCUT2D eigenvalue weighted by Gasteiger charge is -2.29.